The standard InChI is InChI=1S/C20H28N2O2/c1-14-3-5-15(6-4-14)17-13-16-7-8-18(21(16)2)19(17)20(23)22-9-11-24-12-10-22/h3-6,16-19H,7-13H2,1-2H3/t16-,17-,18?,19?/m1/s1. The van der Waals surface area contributed by atoms with Crippen LogP contribution < -0.4 is 0 Å². The predicted molar refractivity (Wildman–Crippen MR) is 94.0 cm³/mol. The minimum atomic E-state index is 0.0922. The molecule has 4 nitrogen and oxygen atoms in total. The first-order chi connectivity index (χ1) is 11.6. The third kappa shape index (κ3) is 2.76. The van der Waals surface area contributed by atoms with E-state index in [0.717, 1.165) is 25.9 Å². The van der Waals surface area contributed by atoms with Gasteiger partial charge >= 0.3 is 0 Å². The normalized spacial score (nSPS) is 33.7. The second-order valence-corrected chi connectivity index (χ2v) is 7.68. The number of nitrogens with zero attached hydrogens (tertiary/aromatic N) is 2. The van der Waals surface area contributed by atoms with E-state index < -0.39 is 0 Å². The minimum Gasteiger partial charge on any atom is -0.378 e. The van der Waals surface area contributed by atoms with Gasteiger partial charge in [0, 0.05) is 25.2 Å². The van der Waals surface area contributed by atoms with Crippen LogP contribution >= 0.6 is 0 Å². The summed E-state index contributed by atoms with van der Waals surface area (Å²) in [6, 6.07) is 9.88. The third-order valence-corrected chi connectivity index (χ3v) is 6.38. The van der Waals surface area contributed by atoms with Gasteiger partial charge in [0.15, 0.2) is 0 Å². The van der Waals surface area contributed by atoms with Crippen LogP contribution in [0.2, 0.25) is 0 Å². The van der Waals surface area contributed by atoms with Gasteiger partial charge in [-0.3, -0.25) is 9.69 Å². The summed E-state index contributed by atoms with van der Waals surface area (Å²) in [7, 11) is 2.22. The van der Waals surface area contributed by atoms with Gasteiger partial charge in [0.2, 0.25) is 5.91 Å². The molecular weight excluding hydrogens is 300 g/mol. The molecule has 4 heteroatoms. The van der Waals surface area contributed by atoms with Crippen LogP contribution in [-0.2, 0) is 9.53 Å². The molecule has 1 amide bonds. The summed E-state index contributed by atoms with van der Waals surface area (Å²) >= 11 is 0. The Morgan fingerprint density at radius 1 is 1.12 bits per heavy atom. The van der Waals surface area contributed by atoms with Crippen molar-refractivity contribution in [3.63, 3.8) is 0 Å². The van der Waals surface area contributed by atoms with Crippen molar-refractivity contribution in [3.8, 4) is 0 Å². The minimum absolute atomic E-state index is 0.0922. The summed E-state index contributed by atoms with van der Waals surface area (Å²) < 4.78 is 5.44. The number of amides is 1. The number of hydrogen-bond donors (Lipinski definition) is 0. The Balaban J connectivity index is 1.65. The summed E-state index contributed by atoms with van der Waals surface area (Å²) in [6.07, 6.45) is 3.50. The van der Waals surface area contributed by atoms with Crippen LogP contribution in [0.15, 0.2) is 24.3 Å². The fraction of sp³-hybridized carbons (Fsp3) is 0.650. The van der Waals surface area contributed by atoms with Crippen LogP contribution in [0.5, 0.6) is 0 Å². The van der Waals surface area contributed by atoms with Gasteiger partial charge < -0.3 is 9.64 Å². The lowest BCUT2D eigenvalue weighted by Crippen LogP contribution is -2.54. The Hall–Kier alpha value is -1.39. The molecule has 1 aromatic rings. The highest BCUT2D eigenvalue weighted by Gasteiger charge is 2.50. The van der Waals surface area contributed by atoms with Gasteiger partial charge in [-0.2, -0.15) is 0 Å². The number of fused-ring (bicyclic) bond motifs is 2. The maximum absolute atomic E-state index is 13.4. The average molecular weight is 328 g/mol. The van der Waals surface area contributed by atoms with Gasteiger partial charge in [-0.15, -0.1) is 0 Å². The van der Waals surface area contributed by atoms with E-state index in [1.807, 2.05) is 4.90 Å². The molecule has 3 fully saturated rings. The second-order valence-electron chi connectivity index (χ2n) is 7.68. The molecule has 3 aliphatic heterocycles. The Bertz CT molecular complexity index is 594. The summed E-state index contributed by atoms with van der Waals surface area (Å²) in [5, 5.41) is 0. The average Bonchev–Trinajstić information content (AvgIpc) is 2.85. The van der Waals surface area contributed by atoms with Crippen LogP contribution in [0, 0.1) is 12.8 Å². The quantitative estimate of drug-likeness (QED) is 0.836. The van der Waals surface area contributed by atoms with Crippen LogP contribution in [-0.4, -0.2) is 61.1 Å². The second kappa shape index (κ2) is 6.49. The lowest BCUT2D eigenvalue weighted by atomic mass is 9.75. The number of carbonyl (C=O) groups is 1. The number of morpholine rings is 1. The smallest absolute Gasteiger partial charge is 0.228 e. The molecule has 4 atom stereocenters. The molecule has 0 saturated carbocycles. The molecule has 0 spiro atoms. The topological polar surface area (TPSA) is 32.8 Å². The highest BCUT2D eigenvalue weighted by molar-refractivity contribution is 5.81. The Labute approximate surface area is 144 Å². The molecule has 24 heavy (non-hydrogen) atoms. The SMILES string of the molecule is Cc1ccc([C@H]2C[C@H]3CCC(C2C(=O)N2CCOCC2)N3C)cc1. The van der Waals surface area contributed by atoms with Gasteiger partial charge in [-0.1, -0.05) is 29.8 Å². The van der Waals surface area contributed by atoms with Crippen molar-refractivity contribution in [3.05, 3.63) is 35.4 Å². The zero-order valence-electron chi connectivity index (χ0n) is 14.8. The Morgan fingerprint density at radius 3 is 2.54 bits per heavy atom. The van der Waals surface area contributed by atoms with Crippen molar-refractivity contribution in [2.45, 2.75) is 44.2 Å². The number of carbonyl (C=O) groups excluding carboxylic acids is 1. The van der Waals surface area contributed by atoms with Crippen LogP contribution in [0.3, 0.4) is 0 Å². The molecule has 0 radical (unpaired) electrons. The van der Waals surface area contributed by atoms with Crippen LogP contribution in [0.1, 0.15) is 36.3 Å². The molecule has 3 aliphatic rings. The molecule has 4 rings (SSSR count). The molecular formula is C20H28N2O2. The van der Waals surface area contributed by atoms with Crippen LogP contribution in [0.4, 0.5) is 0 Å². The van der Waals surface area contributed by atoms with Crippen molar-refractivity contribution >= 4 is 5.91 Å². The maximum Gasteiger partial charge on any atom is 0.228 e. The summed E-state index contributed by atoms with van der Waals surface area (Å²) in [5.41, 5.74) is 2.63. The van der Waals surface area contributed by atoms with E-state index in [0.29, 0.717) is 37.1 Å². The molecule has 3 heterocycles. The van der Waals surface area contributed by atoms with E-state index in [1.54, 1.807) is 0 Å². The van der Waals surface area contributed by atoms with E-state index in [4.69, 9.17) is 4.74 Å². The Kier molecular flexibility index (Phi) is 4.35. The number of ether oxygens (including phenoxy) is 1. The molecule has 3 saturated heterocycles. The molecule has 1 aromatic carbocycles. The summed E-state index contributed by atoms with van der Waals surface area (Å²) in [5.74, 6) is 0.797. The molecule has 0 N–H and O–H groups in total. The lowest BCUT2D eigenvalue weighted by Gasteiger charge is -2.44. The molecule has 130 valence electrons. The zero-order valence-corrected chi connectivity index (χ0v) is 14.8. The number of rotatable bonds is 2. The number of aryl methyl sites for hydroxylation is 1. The number of hydrogen-bond acceptors (Lipinski definition) is 3. The van der Waals surface area contributed by atoms with Gasteiger partial charge in [0.1, 0.15) is 0 Å². The Morgan fingerprint density at radius 2 is 1.83 bits per heavy atom. The van der Waals surface area contributed by atoms with Gasteiger partial charge in [0.25, 0.3) is 0 Å². The zero-order chi connectivity index (χ0) is 16.7. The van der Waals surface area contributed by atoms with Crippen molar-refractivity contribution in [1.29, 1.82) is 0 Å². The first-order valence-electron chi connectivity index (χ1n) is 9.30. The van der Waals surface area contributed by atoms with E-state index in [2.05, 4.69) is 43.1 Å². The largest absolute Gasteiger partial charge is 0.378 e. The van der Waals surface area contributed by atoms with Gasteiger partial charge in [-0.25, -0.2) is 0 Å². The molecule has 2 unspecified atom stereocenters. The monoisotopic (exact) mass is 328 g/mol. The summed E-state index contributed by atoms with van der Waals surface area (Å²) in [4.78, 5) is 17.9. The van der Waals surface area contributed by atoms with Crippen molar-refractivity contribution in [2.24, 2.45) is 5.92 Å². The molecule has 0 aromatic heterocycles. The first-order valence-corrected chi connectivity index (χ1v) is 9.30. The van der Waals surface area contributed by atoms with E-state index in [1.165, 1.54) is 17.5 Å². The van der Waals surface area contributed by atoms with Crippen LogP contribution in [0.25, 0.3) is 0 Å². The number of benzene rings is 1. The van der Waals surface area contributed by atoms with E-state index in [9.17, 15) is 4.79 Å². The van der Waals surface area contributed by atoms with Crippen molar-refractivity contribution < 1.29 is 9.53 Å². The number of piperidine rings is 1. The van der Waals surface area contributed by atoms with E-state index in [-0.39, 0.29) is 5.92 Å². The van der Waals surface area contributed by atoms with Crippen molar-refractivity contribution in [2.75, 3.05) is 33.4 Å². The molecule has 0 aliphatic carbocycles. The third-order valence-electron chi connectivity index (χ3n) is 6.38. The highest BCUT2D eigenvalue weighted by Crippen LogP contribution is 2.46. The van der Waals surface area contributed by atoms with Gasteiger partial charge in [-0.05, 0) is 44.7 Å². The predicted octanol–water partition coefficient (Wildman–Crippen LogP) is 2.42. The fourth-order valence-corrected chi connectivity index (χ4v) is 4.95. The van der Waals surface area contributed by atoms with Gasteiger partial charge in [0.05, 0.1) is 19.1 Å². The first kappa shape index (κ1) is 16.1. The lowest BCUT2D eigenvalue weighted by molar-refractivity contribution is -0.144. The molecule has 2 bridgehead atoms. The van der Waals surface area contributed by atoms with E-state index >= 15 is 0 Å². The summed E-state index contributed by atoms with van der Waals surface area (Å²) in [6.45, 7) is 4.97. The fourth-order valence-electron chi connectivity index (χ4n) is 4.95. The highest BCUT2D eigenvalue weighted by atomic mass is 16.5. The maximum atomic E-state index is 13.4. The van der Waals surface area contributed by atoms with Crippen molar-refractivity contribution in [1.82, 2.24) is 9.80 Å².